The lowest BCUT2D eigenvalue weighted by Gasteiger charge is -2.25. The molecule has 1 aliphatic rings. The van der Waals surface area contributed by atoms with Crippen molar-refractivity contribution in [2.45, 2.75) is 32.7 Å². The monoisotopic (exact) mass is 366 g/mol. The molecule has 5 heteroatoms. The standard InChI is InChI=1S/C22H26N2O3/c1-4-14-23(5-2)18-12-10-16(11-13-18)21(25)24-19-9-7-6-8-17(19)15-20(24)22(26)27-3/h6-13,20H,4-5,14-15H2,1-3H3. The molecule has 0 bridgehead atoms. The van der Waals surface area contributed by atoms with E-state index in [0.29, 0.717) is 12.0 Å². The van der Waals surface area contributed by atoms with Gasteiger partial charge in [0.15, 0.2) is 0 Å². The second kappa shape index (κ2) is 8.25. The van der Waals surface area contributed by atoms with E-state index in [4.69, 9.17) is 4.74 Å². The van der Waals surface area contributed by atoms with E-state index < -0.39 is 12.0 Å². The molecule has 1 unspecified atom stereocenters. The smallest absolute Gasteiger partial charge is 0.329 e. The number of esters is 1. The lowest BCUT2D eigenvalue weighted by atomic mass is 10.1. The van der Waals surface area contributed by atoms with Crippen molar-refractivity contribution in [1.29, 1.82) is 0 Å². The molecule has 3 rings (SSSR count). The maximum Gasteiger partial charge on any atom is 0.329 e. The molecule has 5 nitrogen and oxygen atoms in total. The first-order chi connectivity index (χ1) is 13.1. The molecule has 2 aromatic carbocycles. The van der Waals surface area contributed by atoms with Gasteiger partial charge in [0.05, 0.1) is 7.11 Å². The summed E-state index contributed by atoms with van der Waals surface area (Å²) >= 11 is 0. The number of hydrogen-bond acceptors (Lipinski definition) is 4. The van der Waals surface area contributed by atoms with E-state index in [1.54, 1.807) is 4.90 Å². The SMILES string of the molecule is CCCN(CC)c1ccc(C(=O)N2c3ccccc3CC2C(=O)OC)cc1. The summed E-state index contributed by atoms with van der Waals surface area (Å²) in [5.74, 6) is -0.572. The van der Waals surface area contributed by atoms with Gasteiger partial charge in [-0.1, -0.05) is 25.1 Å². The van der Waals surface area contributed by atoms with Gasteiger partial charge in [-0.25, -0.2) is 4.79 Å². The highest BCUT2D eigenvalue weighted by atomic mass is 16.5. The highest BCUT2D eigenvalue weighted by Crippen LogP contribution is 2.34. The first-order valence-electron chi connectivity index (χ1n) is 9.45. The second-order valence-electron chi connectivity index (χ2n) is 6.67. The van der Waals surface area contributed by atoms with Crippen LogP contribution in [-0.2, 0) is 16.0 Å². The van der Waals surface area contributed by atoms with Gasteiger partial charge >= 0.3 is 5.97 Å². The number of ether oxygens (including phenoxy) is 1. The van der Waals surface area contributed by atoms with Crippen molar-refractivity contribution in [3.05, 3.63) is 59.7 Å². The largest absolute Gasteiger partial charge is 0.467 e. The van der Waals surface area contributed by atoms with E-state index in [9.17, 15) is 9.59 Å². The molecule has 0 spiro atoms. The molecule has 1 heterocycles. The maximum absolute atomic E-state index is 13.2. The minimum Gasteiger partial charge on any atom is -0.467 e. The molecule has 0 saturated heterocycles. The number of carbonyl (C=O) groups is 2. The molecule has 0 saturated carbocycles. The van der Waals surface area contributed by atoms with Crippen LogP contribution in [0.1, 0.15) is 36.2 Å². The number of para-hydroxylation sites is 1. The maximum atomic E-state index is 13.2. The number of hydrogen-bond donors (Lipinski definition) is 0. The predicted octanol–water partition coefficient (Wildman–Crippen LogP) is 3.67. The number of nitrogens with zero attached hydrogens (tertiary/aromatic N) is 2. The summed E-state index contributed by atoms with van der Waals surface area (Å²) < 4.78 is 4.93. The highest BCUT2D eigenvalue weighted by Gasteiger charge is 2.39. The highest BCUT2D eigenvalue weighted by molar-refractivity contribution is 6.11. The average molecular weight is 366 g/mol. The fourth-order valence-electron chi connectivity index (χ4n) is 3.66. The van der Waals surface area contributed by atoms with E-state index in [1.165, 1.54) is 7.11 Å². The van der Waals surface area contributed by atoms with Crippen LogP contribution in [0.25, 0.3) is 0 Å². The minimum atomic E-state index is -0.619. The normalized spacial score (nSPS) is 15.4. The summed E-state index contributed by atoms with van der Waals surface area (Å²) in [4.78, 5) is 29.3. The van der Waals surface area contributed by atoms with Crippen molar-refractivity contribution in [1.82, 2.24) is 0 Å². The Bertz CT molecular complexity index is 817. The Hall–Kier alpha value is -2.82. The van der Waals surface area contributed by atoms with Crippen molar-refractivity contribution in [3.63, 3.8) is 0 Å². The minimum absolute atomic E-state index is 0.180. The van der Waals surface area contributed by atoms with Gasteiger partial charge in [0.2, 0.25) is 0 Å². The van der Waals surface area contributed by atoms with Gasteiger partial charge in [-0.3, -0.25) is 9.69 Å². The number of anilines is 2. The Balaban J connectivity index is 1.90. The van der Waals surface area contributed by atoms with Crippen molar-refractivity contribution in [3.8, 4) is 0 Å². The van der Waals surface area contributed by atoms with Gasteiger partial charge in [-0.15, -0.1) is 0 Å². The van der Waals surface area contributed by atoms with Crippen LogP contribution in [0.4, 0.5) is 11.4 Å². The van der Waals surface area contributed by atoms with Crippen LogP contribution in [0, 0.1) is 0 Å². The Morgan fingerprint density at radius 1 is 1.11 bits per heavy atom. The zero-order valence-electron chi connectivity index (χ0n) is 16.1. The molecule has 0 fully saturated rings. The number of carbonyl (C=O) groups excluding carboxylic acids is 2. The topological polar surface area (TPSA) is 49.9 Å². The molecule has 0 aliphatic carbocycles. The molecule has 142 valence electrons. The predicted molar refractivity (Wildman–Crippen MR) is 107 cm³/mol. The molecular weight excluding hydrogens is 340 g/mol. The lowest BCUT2D eigenvalue weighted by Crippen LogP contribution is -2.43. The molecule has 0 radical (unpaired) electrons. The van der Waals surface area contributed by atoms with Gasteiger partial charge in [0.1, 0.15) is 6.04 Å². The fourth-order valence-corrected chi connectivity index (χ4v) is 3.66. The molecule has 0 N–H and O–H groups in total. The van der Waals surface area contributed by atoms with Crippen molar-refractivity contribution < 1.29 is 14.3 Å². The quantitative estimate of drug-likeness (QED) is 0.732. The van der Waals surface area contributed by atoms with Crippen molar-refractivity contribution in [2.24, 2.45) is 0 Å². The lowest BCUT2D eigenvalue weighted by molar-refractivity contribution is -0.141. The van der Waals surface area contributed by atoms with Crippen LogP contribution >= 0.6 is 0 Å². The molecule has 1 amide bonds. The van der Waals surface area contributed by atoms with E-state index in [-0.39, 0.29) is 5.91 Å². The van der Waals surface area contributed by atoms with Crippen LogP contribution < -0.4 is 9.80 Å². The Morgan fingerprint density at radius 3 is 2.44 bits per heavy atom. The number of amides is 1. The number of fused-ring (bicyclic) bond motifs is 1. The van der Waals surface area contributed by atoms with Crippen molar-refractivity contribution in [2.75, 3.05) is 30.0 Å². The van der Waals surface area contributed by atoms with Gasteiger partial charge in [0.25, 0.3) is 5.91 Å². The zero-order valence-corrected chi connectivity index (χ0v) is 16.1. The second-order valence-corrected chi connectivity index (χ2v) is 6.67. The summed E-state index contributed by atoms with van der Waals surface area (Å²) in [5, 5.41) is 0. The average Bonchev–Trinajstić information content (AvgIpc) is 3.10. The van der Waals surface area contributed by atoms with Crippen LogP contribution in [-0.4, -0.2) is 38.1 Å². The number of rotatable bonds is 6. The Labute approximate surface area is 160 Å². The first-order valence-corrected chi connectivity index (χ1v) is 9.45. The van der Waals surface area contributed by atoms with E-state index in [2.05, 4.69) is 18.7 Å². The van der Waals surface area contributed by atoms with Crippen LogP contribution in [0.15, 0.2) is 48.5 Å². The summed E-state index contributed by atoms with van der Waals surface area (Å²) in [5.41, 5.74) is 3.43. The van der Waals surface area contributed by atoms with E-state index in [1.807, 2.05) is 48.5 Å². The number of methoxy groups -OCH3 is 1. The molecular formula is C22H26N2O3. The number of benzene rings is 2. The zero-order chi connectivity index (χ0) is 19.4. The Kier molecular flexibility index (Phi) is 5.79. The van der Waals surface area contributed by atoms with E-state index in [0.717, 1.165) is 36.4 Å². The first kappa shape index (κ1) is 19.0. The molecule has 1 aliphatic heterocycles. The van der Waals surface area contributed by atoms with Gasteiger partial charge in [-0.2, -0.15) is 0 Å². The van der Waals surface area contributed by atoms with Gasteiger partial charge in [0, 0.05) is 36.4 Å². The Morgan fingerprint density at radius 2 is 1.81 bits per heavy atom. The summed E-state index contributed by atoms with van der Waals surface area (Å²) in [6, 6.07) is 14.6. The summed E-state index contributed by atoms with van der Waals surface area (Å²) in [6.45, 7) is 6.17. The van der Waals surface area contributed by atoms with Crippen LogP contribution in [0.3, 0.4) is 0 Å². The van der Waals surface area contributed by atoms with E-state index >= 15 is 0 Å². The van der Waals surface area contributed by atoms with Gasteiger partial charge in [-0.05, 0) is 49.2 Å². The third kappa shape index (κ3) is 3.68. The third-order valence-electron chi connectivity index (χ3n) is 5.02. The van der Waals surface area contributed by atoms with Crippen LogP contribution in [0.2, 0.25) is 0 Å². The fraction of sp³-hybridized carbons (Fsp3) is 0.364. The molecule has 0 aromatic heterocycles. The van der Waals surface area contributed by atoms with Gasteiger partial charge < -0.3 is 9.64 Å². The molecule has 1 atom stereocenters. The van der Waals surface area contributed by atoms with Crippen LogP contribution in [0.5, 0.6) is 0 Å². The summed E-state index contributed by atoms with van der Waals surface area (Å²) in [6.07, 6.45) is 1.55. The molecule has 27 heavy (non-hydrogen) atoms. The van der Waals surface area contributed by atoms with Crippen molar-refractivity contribution >= 4 is 23.3 Å². The molecule has 2 aromatic rings. The summed E-state index contributed by atoms with van der Waals surface area (Å²) in [7, 11) is 1.36. The third-order valence-corrected chi connectivity index (χ3v) is 5.02.